The van der Waals surface area contributed by atoms with Gasteiger partial charge in [0.05, 0.1) is 27.8 Å². The van der Waals surface area contributed by atoms with Crippen LogP contribution in [0.3, 0.4) is 0 Å². The predicted octanol–water partition coefficient (Wildman–Crippen LogP) is 3.98. The predicted molar refractivity (Wildman–Crippen MR) is 114 cm³/mol. The van der Waals surface area contributed by atoms with E-state index in [0.29, 0.717) is 32.7 Å². The van der Waals surface area contributed by atoms with Crippen molar-refractivity contribution in [2.75, 3.05) is 19.4 Å². The van der Waals surface area contributed by atoms with Gasteiger partial charge in [0, 0.05) is 19.5 Å². The van der Waals surface area contributed by atoms with Gasteiger partial charge in [-0.05, 0) is 35.7 Å². The van der Waals surface area contributed by atoms with Gasteiger partial charge in [-0.3, -0.25) is 14.7 Å². The van der Waals surface area contributed by atoms with Crippen molar-refractivity contribution in [3.63, 3.8) is 0 Å². The largest absolute Gasteiger partial charge is 0.345 e. The van der Waals surface area contributed by atoms with E-state index in [-0.39, 0.29) is 17.9 Å². The summed E-state index contributed by atoms with van der Waals surface area (Å²) < 4.78 is 28.8. The summed E-state index contributed by atoms with van der Waals surface area (Å²) in [6.07, 6.45) is 0.734. The van der Waals surface area contributed by atoms with Gasteiger partial charge < -0.3 is 10.2 Å². The lowest BCUT2D eigenvalue weighted by Gasteiger charge is -2.13. The van der Waals surface area contributed by atoms with Crippen LogP contribution in [0.15, 0.2) is 30.5 Å². The molecule has 0 spiro atoms. The molecule has 1 saturated carbocycles. The van der Waals surface area contributed by atoms with Gasteiger partial charge in [0.25, 0.3) is 5.91 Å². The lowest BCUT2D eigenvalue weighted by Crippen LogP contribution is -2.23. The molecule has 5 rings (SSSR count). The summed E-state index contributed by atoms with van der Waals surface area (Å²) in [5, 5.41) is 10.4. The van der Waals surface area contributed by atoms with Crippen LogP contribution >= 0.6 is 11.3 Å². The normalized spacial score (nSPS) is 17.8. The van der Waals surface area contributed by atoms with Gasteiger partial charge in [-0.1, -0.05) is 17.4 Å². The first-order valence-electron chi connectivity index (χ1n) is 9.56. The van der Waals surface area contributed by atoms with Crippen LogP contribution in [0.4, 0.5) is 13.9 Å². The van der Waals surface area contributed by atoms with Crippen molar-refractivity contribution in [2.24, 2.45) is 5.92 Å². The third-order valence-electron chi connectivity index (χ3n) is 5.29. The van der Waals surface area contributed by atoms with E-state index in [2.05, 4.69) is 20.5 Å². The number of alkyl halides is 1. The average Bonchev–Trinajstić information content (AvgIpc) is 3.12. The van der Waals surface area contributed by atoms with Crippen molar-refractivity contribution >= 4 is 49.4 Å². The Kier molecular flexibility index (Phi) is 4.47. The molecule has 1 aliphatic rings. The molecule has 1 aliphatic carbocycles. The maximum absolute atomic E-state index is 14.9. The molecule has 4 aromatic rings. The monoisotopic (exact) mass is 441 g/mol. The second-order valence-electron chi connectivity index (χ2n) is 7.69. The van der Waals surface area contributed by atoms with Crippen molar-refractivity contribution in [3.8, 4) is 11.1 Å². The van der Waals surface area contributed by atoms with E-state index in [1.807, 2.05) is 6.07 Å². The number of fused-ring (bicyclic) bond motifs is 2. The third-order valence-corrected chi connectivity index (χ3v) is 6.22. The van der Waals surface area contributed by atoms with Gasteiger partial charge in [-0.15, -0.1) is 0 Å². The smallest absolute Gasteiger partial charge is 0.258 e. The molecule has 2 aromatic heterocycles. The number of carbonyl (C=O) groups excluding carboxylic acids is 2. The number of rotatable bonds is 4. The second-order valence-corrected chi connectivity index (χ2v) is 8.72. The number of hydrogen-bond acceptors (Lipinski definition) is 5. The molecule has 2 amide bonds. The van der Waals surface area contributed by atoms with Crippen LogP contribution in [0.5, 0.6) is 0 Å². The van der Waals surface area contributed by atoms with Crippen molar-refractivity contribution < 1.29 is 18.4 Å². The Labute approximate surface area is 179 Å². The molecule has 2 atom stereocenters. The van der Waals surface area contributed by atoms with E-state index >= 15 is 0 Å². The van der Waals surface area contributed by atoms with Crippen LogP contribution in [0.1, 0.15) is 16.8 Å². The Balaban J connectivity index is 1.55. The van der Waals surface area contributed by atoms with E-state index in [4.69, 9.17) is 0 Å². The summed E-state index contributed by atoms with van der Waals surface area (Å²) in [4.78, 5) is 30.1. The minimum Gasteiger partial charge on any atom is -0.345 e. The fourth-order valence-corrected chi connectivity index (χ4v) is 4.44. The minimum atomic E-state index is -1.07. The molecule has 158 valence electrons. The number of halogens is 2. The topological polar surface area (TPSA) is 91.0 Å². The first-order chi connectivity index (χ1) is 14.8. The summed E-state index contributed by atoms with van der Waals surface area (Å²) >= 11 is 1.26. The second kappa shape index (κ2) is 7.09. The maximum atomic E-state index is 14.9. The SMILES string of the molecule is CN(C)C(=O)c1c(F)cc(-c2ccc3nc(NC(=O)[C@@H]4C[C@@H]4F)sc3c2)c2cn[nH]c12. The number of nitrogens with zero attached hydrogens (tertiary/aromatic N) is 3. The molecular formula is C21H17F2N5O2S. The number of aromatic amines is 1. The van der Waals surface area contributed by atoms with Gasteiger partial charge in [0.1, 0.15) is 17.6 Å². The van der Waals surface area contributed by atoms with Gasteiger partial charge in [-0.25, -0.2) is 13.8 Å². The van der Waals surface area contributed by atoms with Crippen molar-refractivity contribution in [2.45, 2.75) is 12.6 Å². The highest BCUT2D eigenvalue weighted by Gasteiger charge is 2.43. The maximum Gasteiger partial charge on any atom is 0.258 e. The van der Waals surface area contributed by atoms with Gasteiger partial charge in [0.2, 0.25) is 5.91 Å². The molecule has 0 unspecified atom stereocenters. The number of thiazole rings is 1. The third kappa shape index (κ3) is 3.32. The molecular weight excluding hydrogens is 424 g/mol. The number of carbonyl (C=O) groups is 2. The van der Waals surface area contributed by atoms with E-state index in [1.165, 1.54) is 22.3 Å². The van der Waals surface area contributed by atoms with Crippen LogP contribution in [0, 0.1) is 11.7 Å². The van der Waals surface area contributed by atoms with Gasteiger partial charge >= 0.3 is 0 Å². The van der Waals surface area contributed by atoms with Crippen LogP contribution in [0.2, 0.25) is 0 Å². The number of hydrogen-bond donors (Lipinski definition) is 2. The van der Waals surface area contributed by atoms with E-state index in [0.717, 1.165) is 4.70 Å². The van der Waals surface area contributed by atoms with Crippen molar-refractivity contribution in [1.82, 2.24) is 20.1 Å². The lowest BCUT2D eigenvalue weighted by atomic mass is 9.98. The van der Waals surface area contributed by atoms with Crippen LogP contribution in [-0.4, -0.2) is 52.2 Å². The minimum absolute atomic E-state index is 0.0589. The quantitative estimate of drug-likeness (QED) is 0.501. The first kappa shape index (κ1) is 19.6. The van der Waals surface area contributed by atoms with Crippen molar-refractivity contribution in [3.05, 3.63) is 41.8 Å². The highest BCUT2D eigenvalue weighted by atomic mass is 32.1. The van der Waals surface area contributed by atoms with E-state index in [9.17, 15) is 18.4 Å². The number of anilines is 1. The number of H-pyrrole nitrogens is 1. The van der Waals surface area contributed by atoms with Gasteiger partial charge in [-0.2, -0.15) is 5.10 Å². The molecule has 2 aromatic carbocycles. The van der Waals surface area contributed by atoms with E-state index < -0.39 is 23.8 Å². The summed E-state index contributed by atoms with van der Waals surface area (Å²) in [6.45, 7) is 0. The Hall–Kier alpha value is -3.40. The number of benzene rings is 2. The van der Waals surface area contributed by atoms with Crippen LogP contribution < -0.4 is 5.32 Å². The van der Waals surface area contributed by atoms with Crippen molar-refractivity contribution in [1.29, 1.82) is 0 Å². The Bertz CT molecular complexity index is 1360. The molecule has 7 nitrogen and oxygen atoms in total. The molecule has 10 heteroatoms. The molecule has 0 aliphatic heterocycles. The first-order valence-corrected chi connectivity index (χ1v) is 10.4. The summed E-state index contributed by atoms with van der Waals surface area (Å²) in [6, 6.07) is 6.73. The molecule has 2 heterocycles. The lowest BCUT2D eigenvalue weighted by molar-refractivity contribution is -0.117. The van der Waals surface area contributed by atoms with E-state index in [1.54, 1.807) is 32.4 Å². The Morgan fingerprint density at radius 1 is 1.29 bits per heavy atom. The highest BCUT2D eigenvalue weighted by Crippen LogP contribution is 2.37. The zero-order valence-electron chi connectivity index (χ0n) is 16.6. The van der Waals surface area contributed by atoms with Crippen LogP contribution in [-0.2, 0) is 4.79 Å². The summed E-state index contributed by atoms with van der Waals surface area (Å²) in [5.41, 5.74) is 2.23. The number of aromatic nitrogens is 3. The zero-order chi connectivity index (χ0) is 21.9. The molecule has 31 heavy (non-hydrogen) atoms. The fourth-order valence-electron chi connectivity index (χ4n) is 3.53. The molecule has 0 saturated heterocycles. The Morgan fingerprint density at radius 3 is 2.77 bits per heavy atom. The van der Waals surface area contributed by atoms with Crippen LogP contribution in [0.25, 0.3) is 32.2 Å². The summed E-state index contributed by atoms with van der Waals surface area (Å²) in [5.74, 6) is -2.06. The fraction of sp³-hybridized carbons (Fsp3) is 0.238. The van der Waals surface area contributed by atoms with Gasteiger partial charge in [0.15, 0.2) is 5.13 Å². The summed E-state index contributed by atoms with van der Waals surface area (Å²) in [7, 11) is 3.12. The number of nitrogens with one attached hydrogen (secondary N) is 2. The molecule has 0 radical (unpaired) electrons. The highest BCUT2D eigenvalue weighted by molar-refractivity contribution is 7.22. The molecule has 2 N–H and O–H groups in total. The molecule has 1 fully saturated rings. The number of amides is 2. The standard InChI is InChI=1S/C21H17F2N5O2S/c1-28(2)20(30)17-14(23)6-10(12-8-24-27-18(12)17)9-3-4-15-16(5-9)31-21(25-15)26-19(29)11-7-13(11)22/h3-6,8,11,13H,7H2,1-2H3,(H,24,27)(H,25,26,29)/t11-,13+/m1/s1. The Morgan fingerprint density at radius 2 is 2.06 bits per heavy atom. The average molecular weight is 441 g/mol. The zero-order valence-corrected chi connectivity index (χ0v) is 17.4. The molecule has 0 bridgehead atoms.